The van der Waals surface area contributed by atoms with Crippen LogP contribution in [0.3, 0.4) is 0 Å². The highest BCUT2D eigenvalue weighted by Crippen LogP contribution is 2.36. The fraction of sp³-hybridized carbons (Fsp3) is 0.200. The summed E-state index contributed by atoms with van der Waals surface area (Å²) in [6, 6.07) is 7.87. The number of nitrogens with zero attached hydrogens (tertiary/aromatic N) is 1. The van der Waals surface area contributed by atoms with E-state index in [9.17, 15) is 23.2 Å². The Morgan fingerprint density at radius 1 is 1.33 bits per heavy atom. The molecule has 0 radical (unpaired) electrons. The third-order valence-electron chi connectivity index (χ3n) is 2.99. The largest absolute Gasteiger partial charge is 0.618 e. The molecule has 1 heterocycles. The Balaban J connectivity index is 2.11. The van der Waals surface area contributed by atoms with E-state index in [-0.39, 0.29) is 5.69 Å². The van der Waals surface area contributed by atoms with Gasteiger partial charge < -0.3 is 10.5 Å². The molecule has 1 aromatic carbocycles. The maximum Gasteiger partial charge on any atom is 0.417 e. The van der Waals surface area contributed by atoms with Gasteiger partial charge in [-0.1, -0.05) is 11.6 Å². The van der Waals surface area contributed by atoms with Crippen molar-refractivity contribution in [2.24, 2.45) is 0 Å². The van der Waals surface area contributed by atoms with Crippen molar-refractivity contribution in [2.75, 3.05) is 5.32 Å². The molecule has 1 aromatic heterocycles. The van der Waals surface area contributed by atoms with E-state index in [1.165, 1.54) is 12.3 Å². The molecular weight excluding hydrogens is 365 g/mol. The van der Waals surface area contributed by atoms with Crippen LogP contribution in [0.15, 0.2) is 47.6 Å². The number of nitrogens with one attached hydrogen (secondary N) is 1. The van der Waals surface area contributed by atoms with Crippen LogP contribution in [0.4, 0.5) is 18.9 Å². The molecule has 128 valence electrons. The Labute approximate surface area is 145 Å². The lowest BCUT2D eigenvalue weighted by Crippen LogP contribution is -2.30. The second-order valence-corrected chi connectivity index (χ2v) is 6.57. The number of thioether (sulfide) groups is 1. The van der Waals surface area contributed by atoms with Crippen LogP contribution in [0.1, 0.15) is 12.5 Å². The summed E-state index contributed by atoms with van der Waals surface area (Å²) in [5, 5.41) is 13.1. The van der Waals surface area contributed by atoms with E-state index >= 15 is 0 Å². The third kappa shape index (κ3) is 4.55. The van der Waals surface area contributed by atoms with Gasteiger partial charge >= 0.3 is 6.18 Å². The number of hydrogen-bond acceptors (Lipinski definition) is 3. The van der Waals surface area contributed by atoms with Crippen LogP contribution in [0.2, 0.25) is 5.02 Å². The Morgan fingerprint density at radius 3 is 2.67 bits per heavy atom. The zero-order valence-electron chi connectivity index (χ0n) is 12.3. The highest BCUT2D eigenvalue weighted by Gasteiger charge is 2.33. The molecule has 9 heteroatoms. The maximum absolute atomic E-state index is 12.8. The highest BCUT2D eigenvalue weighted by molar-refractivity contribution is 8.00. The third-order valence-corrected chi connectivity index (χ3v) is 4.45. The topological polar surface area (TPSA) is 56.0 Å². The van der Waals surface area contributed by atoms with E-state index in [0.717, 1.165) is 23.9 Å². The van der Waals surface area contributed by atoms with Gasteiger partial charge in [0.2, 0.25) is 5.91 Å². The number of benzene rings is 1. The molecule has 0 spiro atoms. The standard InChI is InChI=1S/C15H12ClF3N2O2S/c1-9(24-13-4-2-3-7-21(13)23)14(22)20-10-5-6-12(16)11(8-10)15(17,18)19/h2-9H,1H3,(H,20,22). The fourth-order valence-electron chi connectivity index (χ4n) is 1.80. The Morgan fingerprint density at radius 2 is 2.04 bits per heavy atom. The molecule has 4 nitrogen and oxygen atoms in total. The second kappa shape index (κ2) is 7.31. The molecule has 2 aromatic rings. The van der Waals surface area contributed by atoms with Gasteiger partial charge in [-0.3, -0.25) is 4.79 Å². The average molecular weight is 377 g/mol. The molecule has 1 N–H and O–H groups in total. The molecule has 1 amide bonds. The SMILES string of the molecule is CC(Sc1cccc[n+]1[O-])C(=O)Nc1ccc(Cl)c(C(F)(F)F)c1. The van der Waals surface area contributed by atoms with Crippen molar-refractivity contribution in [1.82, 2.24) is 0 Å². The number of halogens is 4. The van der Waals surface area contributed by atoms with Gasteiger partial charge in [0.25, 0.3) is 5.03 Å². The summed E-state index contributed by atoms with van der Waals surface area (Å²) in [5.41, 5.74) is -1.05. The summed E-state index contributed by atoms with van der Waals surface area (Å²) in [6.07, 6.45) is -3.32. The van der Waals surface area contributed by atoms with E-state index < -0.39 is 27.9 Å². The van der Waals surface area contributed by atoms with Crippen LogP contribution in [-0.4, -0.2) is 11.2 Å². The molecule has 1 atom stereocenters. The fourth-order valence-corrected chi connectivity index (χ4v) is 2.88. The number of amides is 1. The quantitative estimate of drug-likeness (QED) is 0.496. The maximum atomic E-state index is 12.8. The number of carbonyl (C=O) groups is 1. The zero-order valence-corrected chi connectivity index (χ0v) is 13.9. The second-order valence-electron chi connectivity index (χ2n) is 4.81. The lowest BCUT2D eigenvalue weighted by Gasteiger charge is -2.14. The van der Waals surface area contributed by atoms with Gasteiger partial charge in [0, 0.05) is 17.8 Å². The van der Waals surface area contributed by atoms with Crippen molar-refractivity contribution in [3.63, 3.8) is 0 Å². The Hall–Kier alpha value is -1.93. The van der Waals surface area contributed by atoms with E-state index in [1.54, 1.807) is 25.1 Å². The lowest BCUT2D eigenvalue weighted by molar-refractivity contribution is -0.645. The normalized spacial score (nSPS) is 12.7. The van der Waals surface area contributed by atoms with Crippen LogP contribution in [0, 0.1) is 5.21 Å². The van der Waals surface area contributed by atoms with E-state index in [4.69, 9.17) is 11.6 Å². The lowest BCUT2D eigenvalue weighted by atomic mass is 10.2. The molecule has 0 saturated carbocycles. The highest BCUT2D eigenvalue weighted by atomic mass is 35.5. The molecule has 1 unspecified atom stereocenters. The molecule has 2 rings (SSSR count). The van der Waals surface area contributed by atoms with Gasteiger partial charge in [-0.25, -0.2) is 0 Å². The van der Waals surface area contributed by atoms with Gasteiger partial charge in [0.05, 0.1) is 15.8 Å². The predicted octanol–water partition coefficient (Wildman–Crippen LogP) is 4.11. The van der Waals surface area contributed by atoms with Crippen molar-refractivity contribution in [3.8, 4) is 0 Å². The van der Waals surface area contributed by atoms with Gasteiger partial charge in [0.15, 0.2) is 6.20 Å². The van der Waals surface area contributed by atoms with Crippen molar-refractivity contribution >= 4 is 35.0 Å². The number of alkyl halides is 3. The van der Waals surface area contributed by atoms with Gasteiger partial charge in [-0.2, -0.15) is 17.9 Å². The van der Waals surface area contributed by atoms with E-state index in [1.807, 2.05) is 0 Å². The summed E-state index contributed by atoms with van der Waals surface area (Å²) >= 11 is 6.53. The van der Waals surface area contributed by atoms with Crippen molar-refractivity contribution in [3.05, 3.63) is 58.4 Å². The average Bonchev–Trinajstić information content (AvgIpc) is 2.50. The molecule has 0 bridgehead atoms. The summed E-state index contributed by atoms with van der Waals surface area (Å²) in [4.78, 5) is 12.1. The minimum atomic E-state index is -4.61. The molecule has 0 aliphatic heterocycles. The Kier molecular flexibility index (Phi) is 5.61. The predicted molar refractivity (Wildman–Crippen MR) is 85.8 cm³/mol. The van der Waals surface area contributed by atoms with Gasteiger partial charge in [-0.15, -0.1) is 0 Å². The Bertz CT molecular complexity index is 756. The van der Waals surface area contributed by atoms with E-state index in [2.05, 4.69) is 5.32 Å². The number of pyridine rings is 1. The monoisotopic (exact) mass is 376 g/mol. The smallest absolute Gasteiger partial charge is 0.417 e. The summed E-state index contributed by atoms with van der Waals surface area (Å²) in [7, 11) is 0. The van der Waals surface area contributed by atoms with Crippen molar-refractivity contribution in [1.29, 1.82) is 0 Å². The molecule has 24 heavy (non-hydrogen) atoms. The molecule has 0 saturated heterocycles. The summed E-state index contributed by atoms with van der Waals surface area (Å²) in [6.45, 7) is 1.55. The first kappa shape index (κ1) is 18.4. The van der Waals surface area contributed by atoms with Crippen LogP contribution < -0.4 is 10.0 Å². The summed E-state index contributed by atoms with van der Waals surface area (Å²) < 4.78 is 39.1. The van der Waals surface area contributed by atoms with Gasteiger partial charge in [-0.05, 0) is 43.0 Å². The van der Waals surface area contributed by atoms with E-state index in [0.29, 0.717) is 9.76 Å². The van der Waals surface area contributed by atoms with Crippen LogP contribution in [0.25, 0.3) is 0 Å². The van der Waals surface area contributed by atoms with Crippen LogP contribution in [0.5, 0.6) is 0 Å². The summed E-state index contributed by atoms with van der Waals surface area (Å²) in [5.74, 6) is -0.528. The molecule has 0 aliphatic carbocycles. The minimum Gasteiger partial charge on any atom is -0.618 e. The first-order chi connectivity index (χ1) is 11.2. The minimum absolute atomic E-state index is 0.0211. The van der Waals surface area contributed by atoms with Crippen LogP contribution in [-0.2, 0) is 11.0 Å². The molecule has 0 aliphatic rings. The zero-order chi connectivity index (χ0) is 17.9. The van der Waals surface area contributed by atoms with Crippen molar-refractivity contribution < 1.29 is 22.7 Å². The first-order valence-corrected chi connectivity index (χ1v) is 7.96. The number of rotatable bonds is 4. The van der Waals surface area contributed by atoms with Crippen molar-refractivity contribution in [2.45, 2.75) is 23.4 Å². The number of hydrogen-bond donors (Lipinski definition) is 1. The molecule has 0 fully saturated rings. The van der Waals surface area contributed by atoms with Gasteiger partial charge in [0.1, 0.15) is 0 Å². The van der Waals surface area contributed by atoms with Crippen LogP contribution >= 0.6 is 23.4 Å². The first-order valence-electron chi connectivity index (χ1n) is 6.71. The number of carbonyl (C=O) groups excluding carboxylic acids is 1. The number of aromatic nitrogens is 1. The number of anilines is 1. The molecular formula is C15H12ClF3N2O2S.